The molecule has 1 aromatic rings. The lowest BCUT2D eigenvalue weighted by atomic mass is 9.49. The SMILES string of the molecule is O=C(NC(=S)NCC(O)COCCC12CC3CC(CC(C3)C1)C2)c1ccc(Cl)cc1. The van der Waals surface area contributed by atoms with Crippen molar-refractivity contribution in [1.82, 2.24) is 10.6 Å². The summed E-state index contributed by atoms with van der Waals surface area (Å²) in [5, 5.41) is 16.4. The first-order chi connectivity index (χ1) is 14.4. The van der Waals surface area contributed by atoms with Gasteiger partial charge in [-0.15, -0.1) is 0 Å². The van der Waals surface area contributed by atoms with E-state index in [2.05, 4.69) is 10.6 Å². The van der Waals surface area contributed by atoms with Gasteiger partial charge >= 0.3 is 0 Å². The van der Waals surface area contributed by atoms with Crippen LogP contribution in [0.3, 0.4) is 0 Å². The summed E-state index contributed by atoms with van der Waals surface area (Å²) in [6.07, 6.45) is 8.96. The van der Waals surface area contributed by atoms with E-state index in [0.717, 1.165) is 24.2 Å². The summed E-state index contributed by atoms with van der Waals surface area (Å²) in [6, 6.07) is 6.56. The number of thiocarbonyl (C=S) groups is 1. The van der Waals surface area contributed by atoms with E-state index in [9.17, 15) is 9.90 Å². The monoisotopic (exact) mass is 450 g/mol. The van der Waals surface area contributed by atoms with Crippen LogP contribution in [0.4, 0.5) is 0 Å². The quantitative estimate of drug-likeness (QED) is 0.413. The summed E-state index contributed by atoms with van der Waals surface area (Å²) in [6.45, 7) is 1.21. The second kappa shape index (κ2) is 9.51. The van der Waals surface area contributed by atoms with Crippen LogP contribution < -0.4 is 10.6 Å². The Morgan fingerprint density at radius 1 is 1.17 bits per heavy atom. The van der Waals surface area contributed by atoms with Crippen LogP contribution in [0.1, 0.15) is 55.3 Å². The second-order valence-corrected chi connectivity index (χ2v) is 10.4. The molecule has 4 aliphatic rings. The van der Waals surface area contributed by atoms with Crippen molar-refractivity contribution in [2.75, 3.05) is 19.8 Å². The number of carbonyl (C=O) groups excluding carboxylic acids is 1. The van der Waals surface area contributed by atoms with Crippen LogP contribution in [0.15, 0.2) is 24.3 Å². The molecule has 0 heterocycles. The fourth-order valence-electron chi connectivity index (χ4n) is 6.19. The summed E-state index contributed by atoms with van der Waals surface area (Å²) >= 11 is 11.0. The molecule has 30 heavy (non-hydrogen) atoms. The van der Waals surface area contributed by atoms with Crippen molar-refractivity contribution in [2.45, 2.75) is 51.0 Å². The van der Waals surface area contributed by atoms with E-state index in [1.54, 1.807) is 24.3 Å². The van der Waals surface area contributed by atoms with E-state index in [-0.39, 0.29) is 24.2 Å². The summed E-state index contributed by atoms with van der Waals surface area (Å²) < 4.78 is 5.80. The average molecular weight is 451 g/mol. The van der Waals surface area contributed by atoms with Gasteiger partial charge in [0.2, 0.25) is 0 Å². The van der Waals surface area contributed by atoms with Crippen molar-refractivity contribution in [3.8, 4) is 0 Å². The van der Waals surface area contributed by atoms with Crippen LogP contribution in [0.2, 0.25) is 5.02 Å². The number of hydrogen-bond donors (Lipinski definition) is 3. The van der Waals surface area contributed by atoms with Gasteiger partial charge in [0, 0.05) is 23.7 Å². The Morgan fingerprint density at radius 3 is 2.37 bits per heavy atom. The van der Waals surface area contributed by atoms with Crippen LogP contribution in [0.25, 0.3) is 0 Å². The topological polar surface area (TPSA) is 70.6 Å². The Morgan fingerprint density at radius 2 is 1.77 bits per heavy atom. The summed E-state index contributed by atoms with van der Waals surface area (Å²) in [4.78, 5) is 12.1. The molecular formula is C23H31ClN2O3S. The van der Waals surface area contributed by atoms with E-state index < -0.39 is 6.10 Å². The first kappa shape index (κ1) is 22.0. The fraction of sp³-hybridized carbons (Fsp3) is 0.652. The number of rotatable bonds is 8. The summed E-state index contributed by atoms with van der Waals surface area (Å²) in [5.74, 6) is 2.55. The van der Waals surface area contributed by atoms with Gasteiger partial charge in [0.25, 0.3) is 5.91 Å². The Labute approximate surface area is 188 Å². The van der Waals surface area contributed by atoms with E-state index in [1.165, 1.54) is 38.5 Å². The molecule has 164 valence electrons. The minimum absolute atomic E-state index is 0.183. The van der Waals surface area contributed by atoms with Gasteiger partial charge in [0.05, 0.1) is 12.7 Å². The van der Waals surface area contributed by atoms with E-state index in [4.69, 9.17) is 28.6 Å². The molecule has 5 nitrogen and oxygen atoms in total. The molecule has 3 N–H and O–H groups in total. The molecule has 1 aromatic carbocycles. The van der Waals surface area contributed by atoms with E-state index in [1.807, 2.05) is 0 Å². The van der Waals surface area contributed by atoms with Gasteiger partial charge in [-0.3, -0.25) is 10.1 Å². The third-order valence-electron chi connectivity index (χ3n) is 7.08. The standard InChI is InChI=1S/C23H31ClN2O3S/c24-19-3-1-18(2-4-19)21(28)26-22(30)25-13-20(27)14-29-6-5-23-10-15-7-16(11-23)9-17(8-15)12-23/h1-4,15-17,20,27H,5-14H2,(H2,25,26,28,30). The van der Waals surface area contributed by atoms with Crippen molar-refractivity contribution >= 4 is 34.8 Å². The smallest absolute Gasteiger partial charge is 0.257 e. The molecular weight excluding hydrogens is 420 g/mol. The minimum atomic E-state index is -0.674. The Kier molecular flexibility index (Phi) is 6.98. The Hall–Kier alpha value is -1.21. The van der Waals surface area contributed by atoms with Crippen molar-refractivity contribution in [1.29, 1.82) is 0 Å². The van der Waals surface area contributed by atoms with Gasteiger partial charge in [0.1, 0.15) is 0 Å². The lowest BCUT2D eigenvalue weighted by molar-refractivity contribution is -0.0728. The highest BCUT2D eigenvalue weighted by Crippen LogP contribution is 2.61. The second-order valence-electron chi connectivity index (χ2n) is 9.57. The molecule has 0 saturated heterocycles. The lowest BCUT2D eigenvalue weighted by Crippen LogP contribution is -2.46. The number of amides is 1. The predicted octanol–water partition coefficient (Wildman–Crippen LogP) is 3.93. The number of ether oxygens (including phenoxy) is 1. The number of benzene rings is 1. The van der Waals surface area contributed by atoms with Gasteiger partial charge < -0.3 is 15.2 Å². The highest BCUT2D eigenvalue weighted by Gasteiger charge is 2.50. The molecule has 4 saturated carbocycles. The number of aliphatic hydroxyl groups is 1. The van der Waals surface area contributed by atoms with Crippen LogP contribution in [0.5, 0.6) is 0 Å². The van der Waals surface area contributed by atoms with Gasteiger partial charge in [-0.2, -0.15) is 0 Å². The van der Waals surface area contributed by atoms with Crippen molar-refractivity contribution in [2.24, 2.45) is 23.2 Å². The molecule has 0 aliphatic heterocycles. The number of carbonyl (C=O) groups is 1. The summed E-state index contributed by atoms with van der Waals surface area (Å²) in [7, 11) is 0. The number of hydrogen-bond acceptors (Lipinski definition) is 4. The van der Waals surface area contributed by atoms with E-state index >= 15 is 0 Å². The third-order valence-corrected chi connectivity index (χ3v) is 7.58. The first-order valence-electron chi connectivity index (χ1n) is 11.0. The fourth-order valence-corrected chi connectivity index (χ4v) is 6.50. The highest BCUT2D eigenvalue weighted by molar-refractivity contribution is 7.80. The van der Waals surface area contributed by atoms with Crippen LogP contribution in [-0.2, 0) is 4.74 Å². The molecule has 0 spiro atoms. The largest absolute Gasteiger partial charge is 0.389 e. The summed E-state index contributed by atoms with van der Waals surface area (Å²) in [5.41, 5.74) is 0.975. The van der Waals surface area contributed by atoms with Crippen LogP contribution in [0, 0.1) is 23.2 Å². The first-order valence-corrected chi connectivity index (χ1v) is 11.8. The average Bonchev–Trinajstić information content (AvgIpc) is 2.69. The zero-order chi connectivity index (χ0) is 21.1. The molecule has 5 rings (SSSR count). The normalized spacial score (nSPS) is 30.1. The number of nitrogens with one attached hydrogen (secondary N) is 2. The molecule has 7 heteroatoms. The molecule has 0 radical (unpaired) electrons. The number of aliphatic hydroxyl groups excluding tert-OH is 1. The Bertz CT molecular complexity index is 735. The zero-order valence-corrected chi connectivity index (χ0v) is 18.8. The van der Waals surface area contributed by atoms with Gasteiger partial charge in [-0.1, -0.05) is 11.6 Å². The Balaban J connectivity index is 1.11. The molecule has 4 aliphatic carbocycles. The predicted molar refractivity (Wildman–Crippen MR) is 122 cm³/mol. The van der Waals surface area contributed by atoms with Gasteiger partial charge in [0.15, 0.2) is 5.11 Å². The van der Waals surface area contributed by atoms with Crippen molar-refractivity contribution < 1.29 is 14.6 Å². The third kappa shape index (κ3) is 5.52. The molecule has 1 atom stereocenters. The molecule has 1 unspecified atom stereocenters. The van der Waals surface area contributed by atoms with Gasteiger partial charge in [-0.05, 0) is 105 Å². The maximum absolute atomic E-state index is 12.1. The lowest BCUT2D eigenvalue weighted by Gasteiger charge is -2.57. The van der Waals surface area contributed by atoms with Crippen LogP contribution in [-0.4, -0.2) is 42.0 Å². The zero-order valence-electron chi connectivity index (χ0n) is 17.2. The molecule has 4 bridgehead atoms. The molecule has 0 aromatic heterocycles. The molecule has 1 amide bonds. The highest BCUT2D eigenvalue weighted by atomic mass is 35.5. The molecule has 4 fully saturated rings. The van der Waals surface area contributed by atoms with E-state index in [0.29, 0.717) is 22.6 Å². The number of halogens is 1. The van der Waals surface area contributed by atoms with Crippen LogP contribution >= 0.6 is 23.8 Å². The maximum atomic E-state index is 12.1. The maximum Gasteiger partial charge on any atom is 0.257 e. The van der Waals surface area contributed by atoms with Crippen molar-refractivity contribution in [3.05, 3.63) is 34.9 Å². The van der Waals surface area contributed by atoms with Gasteiger partial charge in [-0.25, -0.2) is 0 Å². The van der Waals surface area contributed by atoms with Crippen molar-refractivity contribution in [3.63, 3.8) is 0 Å². The minimum Gasteiger partial charge on any atom is -0.389 e.